The molecule has 0 aromatic heterocycles. The van der Waals surface area contributed by atoms with Gasteiger partial charge in [-0.15, -0.1) is 0 Å². The van der Waals surface area contributed by atoms with Crippen LogP contribution in [-0.2, 0) is 16.4 Å². The average Bonchev–Trinajstić information content (AvgIpc) is 3.23. The fourth-order valence-corrected chi connectivity index (χ4v) is 4.88. The lowest BCUT2D eigenvalue weighted by Crippen LogP contribution is -2.43. The Morgan fingerprint density at radius 1 is 1.00 bits per heavy atom. The summed E-state index contributed by atoms with van der Waals surface area (Å²) in [6, 6.07) is 17.0. The Bertz CT molecular complexity index is 1320. The molecule has 0 saturated carbocycles. The zero-order valence-corrected chi connectivity index (χ0v) is 18.3. The molecule has 5 rings (SSSR count). The summed E-state index contributed by atoms with van der Waals surface area (Å²) in [6.45, 7) is 0. The molecule has 0 bridgehead atoms. The smallest absolute Gasteiger partial charge is 0.238 e. The number of nitrogens with two attached hydrogens (primary N) is 1. The Hall–Kier alpha value is -3.30. The number of sulfonamides is 1. The summed E-state index contributed by atoms with van der Waals surface area (Å²) in [7, 11) is -3.84. The third kappa shape index (κ3) is 4.34. The highest BCUT2D eigenvalue weighted by molar-refractivity contribution is 7.89. The van der Waals surface area contributed by atoms with Crippen molar-refractivity contribution >= 4 is 21.4 Å². The van der Waals surface area contributed by atoms with Crippen LogP contribution in [0, 0.1) is 11.6 Å². The Morgan fingerprint density at radius 3 is 2.39 bits per heavy atom. The minimum Gasteiger partial charge on any atom is -0.488 e. The first-order valence-electron chi connectivity index (χ1n) is 10.5. The van der Waals surface area contributed by atoms with E-state index in [4.69, 9.17) is 9.88 Å². The van der Waals surface area contributed by atoms with Gasteiger partial charge in [0.25, 0.3) is 0 Å². The number of hydrogen-bond donors (Lipinski definition) is 1. The highest BCUT2D eigenvalue weighted by Crippen LogP contribution is 2.36. The van der Waals surface area contributed by atoms with Crippen molar-refractivity contribution in [1.82, 2.24) is 0 Å². The van der Waals surface area contributed by atoms with E-state index in [0.717, 1.165) is 30.2 Å². The predicted octanol–water partition coefficient (Wildman–Crippen LogP) is 3.99. The molecule has 2 N–H and O–H groups in total. The van der Waals surface area contributed by atoms with Gasteiger partial charge in [0, 0.05) is 18.1 Å². The van der Waals surface area contributed by atoms with Gasteiger partial charge in [0.05, 0.1) is 22.3 Å². The van der Waals surface area contributed by atoms with Crippen LogP contribution >= 0.6 is 0 Å². The molecule has 0 radical (unpaired) electrons. The fourth-order valence-electron chi connectivity index (χ4n) is 4.37. The van der Waals surface area contributed by atoms with Crippen LogP contribution < -0.4 is 14.9 Å². The van der Waals surface area contributed by atoms with Crippen LogP contribution in [0.15, 0.2) is 76.7 Å². The van der Waals surface area contributed by atoms with Gasteiger partial charge in [-0.3, -0.25) is 5.01 Å². The van der Waals surface area contributed by atoms with Gasteiger partial charge < -0.3 is 4.74 Å². The van der Waals surface area contributed by atoms with E-state index in [1.54, 1.807) is 17.1 Å². The van der Waals surface area contributed by atoms with Gasteiger partial charge >= 0.3 is 0 Å². The molecule has 2 atom stereocenters. The standard InChI is InChI=1S/C24H21F2N3O3S/c25-17-11-16(12-18(26)13-17)21-14-22(24-10-5-15-3-1-2-4-23(15)32-24)29(28-21)19-6-8-20(9-7-19)33(27,30)31/h1-4,6-9,11-13,22,24H,5,10,14H2,(H2,27,30,31). The number of halogens is 2. The number of aryl methyl sites for hydroxylation is 1. The maximum Gasteiger partial charge on any atom is 0.238 e. The molecule has 2 aliphatic heterocycles. The molecule has 3 aromatic rings. The number of para-hydroxylation sites is 1. The Balaban J connectivity index is 1.51. The van der Waals surface area contributed by atoms with Gasteiger partial charge in [-0.25, -0.2) is 22.3 Å². The maximum atomic E-state index is 13.9. The molecular formula is C24H21F2N3O3S. The number of benzene rings is 3. The molecule has 0 fully saturated rings. The zero-order chi connectivity index (χ0) is 23.2. The van der Waals surface area contributed by atoms with Crippen molar-refractivity contribution in [2.24, 2.45) is 10.2 Å². The molecule has 6 nitrogen and oxygen atoms in total. The molecule has 33 heavy (non-hydrogen) atoms. The number of hydrazone groups is 1. The number of ether oxygens (including phenoxy) is 1. The molecule has 2 unspecified atom stereocenters. The number of rotatable bonds is 4. The van der Waals surface area contributed by atoms with Crippen molar-refractivity contribution in [1.29, 1.82) is 0 Å². The molecule has 0 aliphatic carbocycles. The van der Waals surface area contributed by atoms with Crippen molar-refractivity contribution in [2.75, 3.05) is 5.01 Å². The predicted molar refractivity (Wildman–Crippen MR) is 121 cm³/mol. The molecule has 0 amide bonds. The van der Waals surface area contributed by atoms with E-state index >= 15 is 0 Å². The molecule has 0 saturated heterocycles. The van der Waals surface area contributed by atoms with Crippen LogP contribution in [0.1, 0.15) is 24.0 Å². The summed E-state index contributed by atoms with van der Waals surface area (Å²) in [6.07, 6.45) is 1.76. The number of primary sulfonamides is 1. The van der Waals surface area contributed by atoms with Crippen molar-refractivity contribution in [3.05, 3.63) is 89.5 Å². The van der Waals surface area contributed by atoms with Crippen LogP contribution in [-0.4, -0.2) is 26.3 Å². The topological polar surface area (TPSA) is 85.0 Å². The lowest BCUT2D eigenvalue weighted by molar-refractivity contribution is 0.146. The first-order chi connectivity index (χ1) is 15.8. The summed E-state index contributed by atoms with van der Waals surface area (Å²) in [4.78, 5) is -0.0127. The minimum absolute atomic E-state index is 0.0127. The number of hydrogen-bond acceptors (Lipinski definition) is 5. The van der Waals surface area contributed by atoms with Gasteiger partial charge in [0.15, 0.2) is 0 Å². The third-order valence-corrected chi connectivity index (χ3v) is 6.88. The van der Waals surface area contributed by atoms with Crippen LogP contribution in [0.25, 0.3) is 0 Å². The largest absolute Gasteiger partial charge is 0.488 e. The van der Waals surface area contributed by atoms with E-state index in [2.05, 4.69) is 5.10 Å². The highest BCUT2D eigenvalue weighted by Gasteiger charge is 2.38. The first kappa shape index (κ1) is 21.5. The van der Waals surface area contributed by atoms with Crippen molar-refractivity contribution in [3.8, 4) is 5.75 Å². The van der Waals surface area contributed by atoms with Gasteiger partial charge in [-0.2, -0.15) is 5.10 Å². The van der Waals surface area contributed by atoms with E-state index in [-0.39, 0.29) is 17.0 Å². The van der Waals surface area contributed by atoms with Crippen LogP contribution in [0.2, 0.25) is 0 Å². The molecule has 9 heteroatoms. The summed E-state index contributed by atoms with van der Waals surface area (Å²) < 4.78 is 57.3. The Kier molecular flexibility index (Phi) is 5.38. The normalized spacial score (nSPS) is 20.2. The Morgan fingerprint density at radius 2 is 1.70 bits per heavy atom. The summed E-state index contributed by atoms with van der Waals surface area (Å²) in [5.74, 6) is -0.547. The Labute approximate surface area is 190 Å². The highest BCUT2D eigenvalue weighted by atomic mass is 32.2. The maximum absolute atomic E-state index is 13.9. The average molecular weight is 470 g/mol. The summed E-state index contributed by atoms with van der Waals surface area (Å²) >= 11 is 0. The molecular weight excluding hydrogens is 448 g/mol. The van der Waals surface area contributed by atoms with E-state index in [9.17, 15) is 17.2 Å². The fraction of sp³-hybridized carbons (Fsp3) is 0.208. The molecule has 3 aromatic carbocycles. The third-order valence-electron chi connectivity index (χ3n) is 5.95. The zero-order valence-electron chi connectivity index (χ0n) is 17.5. The van der Waals surface area contributed by atoms with Crippen molar-refractivity contribution in [2.45, 2.75) is 36.3 Å². The lowest BCUT2D eigenvalue weighted by Gasteiger charge is -2.34. The minimum atomic E-state index is -3.84. The molecule has 2 heterocycles. The van der Waals surface area contributed by atoms with E-state index in [1.807, 2.05) is 24.3 Å². The molecule has 2 aliphatic rings. The van der Waals surface area contributed by atoms with E-state index < -0.39 is 21.7 Å². The van der Waals surface area contributed by atoms with E-state index in [1.165, 1.54) is 24.3 Å². The van der Waals surface area contributed by atoms with Gasteiger partial charge in [0.1, 0.15) is 23.5 Å². The summed E-state index contributed by atoms with van der Waals surface area (Å²) in [5, 5.41) is 11.6. The SMILES string of the molecule is NS(=O)(=O)c1ccc(N2N=C(c3cc(F)cc(F)c3)CC2C2CCc3ccccc3O2)cc1. The van der Waals surface area contributed by atoms with Crippen LogP contribution in [0.4, 0.5) is 14.5 Å². The lowest BCUT2D eigenvalue weighted by atomic mass is 9.93. The molecule has 0 spiro atoms. The quantitative estimate of drug-likeness (QED) is 0.626. The number of nitrogens with zero attached hydrogens (tertiary/aromatic N) is 2. The van der Waals surface area contributed by atoms with Gasteiger partial charge in [-0.1, -0.05) is 18.2 Å². The number of anilines is 1. The van der Waals surface area contributed by atoms with Gasteiger partial charge in [-0.05, 0) is 60.9 Å². The first-order valence-corrected chi connectivity index (χ1v) is 12.0. The second kappa shape index (κ2) is 8.24. The monoisotopic (exact) mass is 469 g/mol. The van der Waals surface area contributed by atoms with Crippen LogP contribution in [0.3, 0.4) is 0 Å². The second-order valence-corrected chi connectivity index (χ2v) is 9.72. The number of fused-ring (bicyclic) bond motifs is 1. The van der Waals surface area contributed by atoms with E-state index in [0.29, 0.717) is 23.4 Å². The van der Waals surface area contributed by atoms with Gasteiger partial charge in [0.2, 0.25) is 10.0 Å². The molecule has 170 valence electrons. The summed E-state index contributed by atoms with van der Waals surface area (Å²) in [5.41, 5.74) is 2.64. The second-order valence-electron chi connectivity index (χ2n) is 8.16. The van der Waals surface area contributed by atoms with Crippen molar-refractivity contribution < 1.29 is 21.9 Å². The van der Waals surface area contributed by atoms with Crippen molar-refractivity contribution in [3.63, 3.8) is 0 Å². The van der Waals surface area contributed by atoms with Crippen LogP contribution in [0.5, 0.6) is 5.75 Å².